The highest BCUT2D eigenvalue weighted by Gasteiger charge is 2.41. The van der Waals surface area contributed by atoms with E-state index in [1.165, 1.54) is 19.2 Å². The molecule has 2 unspecified atom stereocenters. The van der Waals surface area contributed by atoms with Crippen LogP contribution in [0, 0.1) is 16.0 Å². The molecule has 1 aliphatic heterocycles. The average Bonchev–Trinajstić information content (AvgIpc) is 2.96. The van der Waals surface area contributed by atoms with Gasteiger partial charge in [-0.3, -0.25) is 4.57 Å². The van der Waals surface area contributed by atoms with Gasteiger partial charge in [-0.1, -0.05) is 0 Å². The van der Waals surface area contributed by atoms with Crippen LogP contribution in [-0.4, -0.2) is 33.2 Å². The van der Waals surface area contributed by atoms with Crippen molar-refractivity contribution < 1.29 is 9.66 Å². The van der Waals surface area contributed by atoms with Gasteiger partial charge in [0.25, 0.3) is 0 Å². The third-order valence-electron chi connectivity index (χ3n) is 3.64. The van der Waals surface area contributed by atoms with E-state index >= 15 is 0 Å². The van der Waals surface area contributed by atoms with E-state index in [-0.39, 0.29) is 18.0 Å². The van der Waals surface area contributed by atoms with Crippen molar-refractivity contribution in [3.63, 3.8) is 0 Å². The van der Waals surface area contributed by atoms with Crippen molar-refractivity contribution in [1.82, 2.24) is 9.55 Å². The summed E-state index contributed by atoms with van der Waals surface area (Å²) in [5.41, 5.74) is 0. The van der Waals surface area contributed by atoms with E-state index in [2.05, 4.69) is 10.3 Å². The van der Waals surface area contributed by atoms with E-state index < -0.39 is 4.92 Å². The lowest BCUT2D eigenvalue weighted by Crippen LogP contribution is -2.31. The largest absolute Gasteiger partial charge is 0.406 e. The molecule has 1 N–H and O–H groups in total. The van der Waals surface area contributed by atoms with Crippen LogP contribution >= 0.6 is 0 Å². The Hall–Kier alpha value is -1.63. The number of hydrogen-bond acceptors (Lipinski definition) is 5. The predicted octanol–water partition coefficient (Wildman–Crippen LogP) is 1.31. The molecule has 1 saturated carbocycles. The summed E-state index contributed by atoms with van der Waals surface area (Å²) in [6.07, 6.45) is 4.96. The van der Waals surface area contributed by atoms with Crippen LogP contribution in [0.4, 0.5) is 11.6 Å². The van der Waals surface area contributed by atoms with E-state index in [0.717, 1.165) is 13.0 Å². The minimum atomic E-state index is -0.454. The second-order valence-electron chi connectivity index (χ2n) is 5.00. The maximum absolute atomic E-state index is 10.9. The number of hydrogen-bond donors (Lipinski definition) is 1. The molecule has 2 atom stereocenters. The lowest BCUT2D eigenvalue weighted by atomic mass is 10.1. The Morgan fingerprint density at radius 2 is 2.33 bits per heavy atom. The Labute approximate surface area is 104 Å². The molecule has 2 fully saturated rings. The lowest BCUT2D eigenvalue weighted by Gasteiger charge is -2.19. The van der Waals surface area contributed by atoms with Crippen molar-refractivity contribution in [2.75, 3.05) is 11.9 Å². The van der Waals surface area contributed by atoms with Crippen molar-refractivity contribution in [2.24, 2.45) is 13.0 Å². The van der Waals surface area contributed by atoms with Crippen molar-refractivity contribution in [1.29, 1.82) is 0 Å². The Kier molecular flexibility index (Phi) is 2.70. The van der Waals surface area contributed by atoms with Crippen LogP contribution in [0.25, 0.3) is 0 Å². The zero-order chi connectivity index (χ0) is 12.7. The number of nitro groups is 1. The van der Waals surface area contributed by atoms with Crippen molar-refractivity contribution in [2.45, 2.75) is 31.4 Å². The fourth-order valence-corrected chi connectivity index (χ4v) is 2.55. The summed E-state index contributed by atoms with van der Waals surface area (Å²) in [7, 11) is 1.75. The van der Waals surface area contributed by atoms with E-state index in [1.807, 2.05) is 0 Å². The summed E-state index contributed by atoms with van der Waals surface area (Å²) in [5, 5.41) is 14.1. The number of ether oxygens (including phenoxy) is 1. The Morgan fingerprint density at radius 1 is 1.56 bits per heavy atom. The molecule has 7 nitrogen and oxygen atoms in total. The fourth-order valence-electron chi connectivity index (χ4n) is 2.55. The zero-order valence-corrected chi connectivity index (χ0v) is 10.2. The molecular weight excluding hydrogens is 236 g/mol. The summed E-state index contributed by atoms with van der Waals surface area (Å²) in [6, 6.07) is 0.159. The molecule has 0 radical (unpaired) electrons. The molecule has 2 heterocycles. The van der Waals surface area contributed by atoms with Crippen molar-refractivity contribution in [3.05, 3.63) is 16.4 Å². The Morgan fingerprint density at radius 3 is 3.00 bits per heavy atom. The topological polar surface area (TPSA) is 82.2 Å². The average molecular weight is 252 g/mol. The molecule has 18 heavy (non-hydrogen) atoms. The minimum absolute atomic E-state index is 0.112. The zero-order valence-electron chi connectivity index (χ0n) is 10.2. The summed E-state index contributed by atoms with van der Waals surface area (Å²) >= 11 is 0. The van der Waals surface area contributed by atoms with Crippen molar-refractivity contribution >= 4 is 11.6 Å². The highest BCUT2D eigenvalue weighted by molar-refractivity contribution is 5.53. The molecule has 1 aromatic heterocycles. The Balaban J connectivity index is 1.79. The van der Waals surface area contributed by atoms with Gasteiger partial charge in [0.05, 0.1) is 12.1 Å². The lowest BCUT2D eigenvalue weighted by molar-refractivity contribution is -0.388. The van der Waals surface area contributed by atoms with Crippen LogP contribution in [-0.2, 0) is 11.8 Å². The summed E-state index contributed by atoms with van der Waals surface area (Å²) < 4.78 is 7.37. The van der Waals surface area contributed by atoms with E-state index in [9.17, 15) is 10.1 Å². The third-order valence-corrected chi connectivity index (χ3v) is 3.64. The van der Waals surface area contributed by atoms with Gasteiger partial charge in [0, 0.05) is 13.7 Å². The van der Waals surface area contributed by atoms with Gasteiger partial charge in [-0.2, -0.15) is 0 Å². The standard InChI is InChI=1S/C11H16N4O3/c1-14-6-12-10(15(16)17)11(14)13-8-4-5-18-9(8)7-2-3-7/h6-9,13H,2-5H2,1H3. The normalized spacial score (nSPS) is 27.4. The van der Waals surface area contributed by atoms with Crippen molar-refractivity contribution in [3.8, 4) is 0 Å². The summed E-state index contributed by atoms with van der Waals surface area (Å²) in [4.78, 5) is 14.2. The molecule has 98 valence electrons. The first-order valence-corrected chi connectivity index (χ1v) is 6.20. The molecule has 7 heteroatoms. The first-order valence-electron chi connectivity index (χ1n) is 6.20. The SMILES string of the molecule is Cn1cnc([N+](=O)[O-])c1NC1CCOC1C1CC1. The number of imidazole rings is 1. The van der Waals surface area contributed by atoms with Gasteiger partial charge in [0.2, 0.25) is 12.1 Å². The van der Waals surface area contributed by atoms with Gasteiger partial charge in [-0.05, 0) is 35.1 Å². The number of nitrogens with one attached hydrogen (secondary N) is 1. The van der Waals surface area contributed by atoms with Gasteiger partial charge in [-0.15, -0.1) is 0 Å². The van der Waals surface area contributed by atoms with Crippen LogP contribution in [0.5, 0.6) is 0 Å². The fraction of sp³-hybridized carbons (Fsp3) is 0.727. The first kappa shape index (κ1) is 11.5. The Bertz CT molecular complexity index is 469. The van der Waals surface area contributed by atoms with Crippen LogP contribution in [0.3, 0.4) is 0 Å². The van der Waals surface area contributed by atoms with Crippen LogP contribution in [0.1, 0.15) is 19.3 Å². The second kappa shape index (κ2) is 4.24. The van der Waals surface area contributed by atoms with Gasteiger partial charge in [0.1, 0.15) is 0 Å². The van der Waals surface area contributed by atoms with Gasteiger partial charge < -0.3 is 20.2 Å². The molecule has 0 spiro atoms. The number of aromatic nitrogens is 2. The number of anilines is 1. The number of rotatable bonds is 4. The number of aryl methyl sites for hydroxylation is 1. The molecule has 2 aliphatic rings. The van der Waals surface area contributed by atoms with Crippen LogP contribution < -0.4 is 5.32 Å². The first-order chi connectivity index (χ1) is 8.66. The molecule has 1 aromatic rings. The molecule has 0 aromatic carbocycles. The maximum Gasteiger partial charge on any atom is 0.406 e. The smallest absolute Gasteiger partial charge is 0.376 e. The van der Waals surface area contributed by atoms with Gasteiger partial charge in [-0.25, -0.2) is 0 Å². The van der Waals surface area contributed by atoms with Gasteiger partial charge in [0.15, 0.2) is 0 Å². The van der Waals surface area contributed by atoms with E-state index in [1.54, 1.807) is 11.6 Å². The second-order valence-corrected chi connectivity index (χ2v) is 5.00. The molecule has 1 saturated heterocycles. The minimum Gasteiger partial charge on any atom is -0.376 e. The number of nitrogens with zero attached hydrogens (tertiary/aromatic N) is 3. The van der Waals surface area contributed by atoms with E-state index in [4.69, 9.17) is 4.74 Å². The quantitative estimate of drug-likeness (QED) is 0.645. The molecule has 3 rings (SSSR count). The highest BCUT2D eigenvalue weighted by atomic mass is 16.6. The highest BCUT2D eigenvalue weighted by Crippen LogP contribution is 2.40. The third kappa shape index (κ3) is 1.94. The van der Waals surface area contributed by atoms with Crippen LogP contribution in [0.15, 0.2) is 6.33 Å². The summed E-state index contributed by atoms with van der Waals surface area (Å²) in [6.45, 7) is 0.727. The molecule has 0 bridgehead atoms. The maximum atomic E-state index is 10.9. The van der Waals surface area contributed by atoms with Gasteiger partial charge >= 0.3 is 5.82 Å². The summed E-state index contributed by atoms with van der Waals surface area (Å²) in [5.74, 6) is 0.984. The van der Waals surface area contributed by atoms with E-state index in [0.29, 0.717) is 11.7 Å². The predicted molar refractivity (Wildman–Crippen MR) is 64.4 cm³/mol. The molecule has 1 aliphatic carbocycles. The molecule has 0 amide bonds. The monoisotopic (exact) mass is 252 g/mol. The van der Waals surface area contributed by atoms with Crippen LogP contribution in [0.2, 0.25) is 0 Å². The molecular formula is C11H16N4O3.